The van der Waals surface area contributed by atoms with E-state index in [0.29, 0.717) is 0 Å². The van der Waals surface area contributed by atoms with Crippen LogP contribution in [0.2, 0.25) is 0 Å². The number of nitriles is 1. The first-order valence-corrected chi connectivity index (χ1v) is 3.80. The van der Waals surface area contributed by atoms with Gasteiger partial charge in [-0.05, 0) is 18.1 Å². The Morgan fingerprint density at radius 2 is 2.00 bits per heavy atom. The quantitative estimate of drug-likeness (QED) is 0.598. The maximum Gasteiger partial charge on any atom is 0.219 e. The normalized spacial score (nSPS) is 7.92. The molecule has 0 N–H and O–H groups in total. The summed E-state index contributed by atoms with van der Waals surface area (Å²) in [7, 11) is 0. The number of carbonyl (C=O) groups is 1. The van der Waals surface area contributed by atoms with Crippen LogP contribution in [0.15, 0.2) is 30.3 Å². The Hall–Kier alpha value is -2.06. The molecule has 0 heterocycles. The van der Waals surface area contributed by atoms with Crippen molar-refractivity contribution in [1.82, 2.24) is 0 Å². The molecule has 2 nitrogen and oxygen atoms in total. The highest BCUT2D eigenvalue weighted by Crippen LogP contribution is 1.94. The molecule has 0 bridgehead atoms. The van der Waals surface area contributed by atoms with Crippen molar-refractivity contribution in [2.45, 2.75) is 6.42 Å². The van der Waals surface area contributed by atoms with Gasteiger partial charge in [-0.1, -0.05) is 24.1 Å². The number of nitrogens with zero attached hydrogens (tertiary/aromatic N) is 1. The molecular formula is C11H7NO. The van der Waals surface area contributed by atoms with Crippen molar-refractivity contribution < 1.29 is 4.79 Å². The summed E-state index contributed by atoms with van der Waals surface area (Å²) in [5, 5.41) is 8.20. The first-order chi connectivity index (χ1) is 6.33. The van der Waals surface area contributed by atoms with E-state index < -0.39 is 0 Å². The molecule has 0 spiro atoms. The van der Waals surface area contributed by atoms with E-state index in [4.69, 9.17) is 5.26 Å². The van der Waals surface area contributed by atoms with Crippen LogP contribution in [0, 0.1) is 23.2 Å². The number of carbonyl (C=O) groups excluding carboxylic acids is 1. The fraction of sp³-hybridized carbons (Fsp3) is 0.0909. The van der Waals surface area contributed by atoms with E-state index in [2.05, 4.69) is 11.8 Å². The molecule has 0 aliphatic rings. The van der Waals surface area contributed by atoms with Crippen LogP contribution in [-0.2, 0) is 4.79 Å². The fourth-order valence-electron chi connectivity index (χ4n) is 0.779. The Balaban J connectivity index is 2.69. The number of ketones is 1. The summed E-state index contributed by atoms with van der Waals surface area (Å²) in [4.78, 5) is 10.8. The zero-order valence-electron chi connectivity index (χ0n) is 6.95. The molecule has 0 unspecified atom stereocenters. The van der Waals surface area contributed by atoms with Gasteiger partial charge in [0.15, 0.2) is 0 Å². The van der Waals surface area contributed by atoms with Gasteiger partial charge in [0.2, 0.25) is 5.78 Å². The summed E-state index contributed by atoms with van der Waals surface area (Å²) in [5.41, 5.74) is 0.786. The highest BCUT2D eigenvalue weighted by molar-refractivity contribution is 5.97. The predicted molar refractivity (Wildman–Crippen MR) is 48.6 cm³/mol. The lowest BCUT2D eigenvalue weighted by molar-refractivity contribution is -0.112. The molecule has 1 rings (SSSR count). The molecule has 0 aliphatic heterocycles. The van der Waals surface area contributed by atoms with Crippen LogP contribution in [0.4, 0.5) is 0 Å². The van der Waals surface area contributed by atoms with E-state index in [1.54, 1.807) is 6.07 Å². The minimum absolute atomic E-state index is 0.139. The van der Waals surface area contributed by atoms with Gasteiger partial charge in [0.05, 0.1) is 6.07 Å². The summed E-state index contributed by atoms with van der Waals surface area (Å²) < 4.78 is 0. The second-order valence-corrected chi connectivity index (χ2v) is 2.37. The van der Waals surface area contributed by atoms with Crippen molar-refractivity contribution in [3.05, 3.63) is 35.9 Å². The molecule has 0 fully saturated rings. The molecular weight excluding hydrogens is 162 g/mol. The highest BCUT2D eigenvalue weighted by Gasteiger charge is 1.92. The van der Waals surface area contributed by atoms with Crippen LogP contribution in [0.5, 0.6) is 0 Å². The lowest BCUT2D eigenvalue weighted by Crippen LogP contribution is -1.89. The van der Waals surface area contributed by atoms with Gasteiger partial charge in [0, 0.05) is 5.56 Å². The summed E-state index contributed by atoms with van der Waals surface area (Å²) in [6, 6.07) is 10.9. The summed E-state index contributed by atoms with van der Waals surface area (Å²) >= 11 is 0. The van der Waals surface area contributed by atoms with Gasteiger partial charge < -0.3 is 0 Å². The molecule has 0 atom stereocenters. The molecule has 1 aromatic carbocycles. The molecule has 0 saturated carbocycles. The second-order valence-electron chi connectivity index (χ2n) is 2.37. The summed E-state index contributed by atoms with van der Waals surface area (Å²) in [6.07, 6.45) is -0.139. The lowest BCUT2D eigenvalue weighted by atomic mass is 10.2. The van der Waals surface area contributed by atoms with Gasteiger partial charge in [0.1, 0.15) is 6.42 Å². The van der Waals surface area contributed by atoms with Crippen molar-refractivity contribution in [2.75, 3.05) is 0 Å². The Labute approximate surface area is 76.8 Å². The monoisotopic (exact) mass is 169 g/mol. The van der Waals surface area contributed by atoms with E-state index in [0.717, 1.165) is 5.56 Å². The Kier molecular flexibility index (Phi) is 3.30. The third-order valence-corrected chi connectivity index (χ3v) is 1.36. The molecule has 1 aromatic rings. The fourth-order valence-corrected chi connectivity index (χ4v) is 0.779. The van der Waals surface area contributed by atoms with Crippen LogP contribution in [0.1, 0.15) is 12.0 Å². The second kappa shape index (κ2) is 4.74. The van der Waals surface area contributed by atoms with Gasteiger partial charge in [-0.15, -0.1) is 0 Å². The smallest absolute Gasteiger partial charge is 0.219 e. The van der Waals surface area contributed by atoms with Crippen molar-refractivity contribution >= 4 is 5.78 Å². The zero-order chi connectivity index (χ0) is 9.52. The zero-order valence-corrected chi connectivity index (χ0v) is 6.95. The summed E-state index contributed by atoms with van der Waals surface area (Å²) in [5.74, 6) is 4.73. The summed E-state index contributed by atoms with van der Waals surface area (Å²) in [6.45, 7) is 0. The average Bonchev–Trinajstić information content (AvgIpc) is 2.17. The third-order valence-electron chi connectivity index (χ3n) is 1.36. The predicted octanol–water partition coefficient (Wildman–Crippen LogP) is 1.52. The number of benzene rings is 1. The molecule has 2 heteroatoms. The standard InChI is InChI=1S/C11H7NO/c12-9-8-11(13)7-6-10-4-2-1-3-5-10/h1-5H,8H2. The first kappa shape index (κ1) is 9.03. The van der Waals surface area contributed by atoms with Gasteiger partial charge >= 0.3 is 0 Å². The highest BCUT2D eigenvalue weighted by atomic mass is 16.1. The van der Waals surface area contributed by atoms with Crippen LogP contribution in [0.3, 0.4) is 0 Å². The minimum atomic E-state index is -0.341. The van der Waals surface area contributed by atoms with Crippen LogP contribution >= 0.6 is 0 Å². The van der Waals surface area contributed by atoms with Crippen molar-refractivity contribution in [3.8, 4) is 17.9 Å². The van der Waals surface area contributed by atoms with E-state index in [9.17, 15) is 4.79 Å². The topological polar surface area (TPSA) is 40.9 Å². The van der Waals surface area contributed by atoms with Crippen LogP contribution in [-0.4, -0.2) is 5.78 Å². The Morgan fingerprint density at radius 1 is 1.31 bits per heavy atom. The minimum Gasteiger partial charge on any atom is -0.284 e. The number of hydrogen-bond acceptors (Lipinski definition) is 2. The molecule has 0 saturated heterocycles. The SMILES string of the molecule is N#CCC(=O)C#Cc1ccccc1. The van der Waals surface area contributed by atoms with Gasteiger partial charge in [-0.3, -0.25) is 4.79 Å². The number of hydrogen-bond donors (Lipinski definition) is 0. The van der Waals surface area contributed by atoms with Gasteiger partial charge in [-0.25, -0.2) is 0 Å². The third kappa shape index (κ3) is 3.22. The van der Waals surface area contributed by atoms with E-state index in [-0.39, 0.29) is 12.2 Å². The number of rotatable bonds is 1. The van der Waals surface area contributed by atoms with E-state index in [1.807, 2.05) is 30.3 Å². The maximum atomic E-state index is 10.8. The van der Waals surface area contributed by atoms with Crippen LogP contribution < -0.4 is 0 Å². The largest absolute Gasteiger partial charge is 0.284 e. The molecule has 0 amide bonds. The molecule has 13 heavy (non-hydrogen) atoms. The van der Waals surface area contributed by atoms with Crippen molar-refractivity contribution in [2.24, 2.45) is 0 Å². The molecule has 0 radical (unpaired) electrons. The van der Waals surface area contributed by atoms with Gasteiger partial charge in [-0.2, -0.15) is 5.26 Å². The van der Waals surface area contributed by atoms with E-state index in [1.165, 1.54) is 0 Å². The average molecular weight is 169 g/mol. The molecule has 0 aromatic heterocycles. The Morgan fingerprint density at radius 3 is 2.62 bits per heavy atom. The van der Waals surface area contributed by atoms with Crippen LogP contribution in [0.25, 0.3) is 0 Å². The Bertz CT molecular complexity index is 390. The first-order valence-electron chi connectivity index (χ1n) is 3.80. The number of Topliss-reactive ketones (excluding diaryl/α,β-unsaturated/α-hetero) is 1. The van der Waals surface area contributed by atoms with E-state index >= 15 is 0 Å². The van der Waals surface area contributed by atoms with Gasteiger partial charge in [0.25, 0.3) is 0 Å². The lowest BCUT2D eigenvalue weighted by Gasteiger charge is -1.85. The van der Waals surface area contributed by atoms with Crippen molar-refractivity contribution in [1.29, 1.82) is 5.26 Å². The maximum absolute atomic E-state index is 10.8. The molecule has 62 valence electrons. The molecule has 0 aliphatic carbocycles. The van der Waals surface area contributed by atoms with Crippen molar-refractivity contribution in [3.63, 3.8) is 0 Å².